The van der Waals surface area contributed by atoms with Crippen LogP contribution in [-0.4, -0.2) is 44.9 Å². The molecule has 1 atom stereocenters. The number of rotatable bonds is 6. The van der Waals surface area contributed by atoms with Crippen LogP contribution in [0.4, 0.5) is 0 Å². The molecule has 1 amide bonds. The van der Waals surface area contributed by atoms with Crippen molar-refractivity contribution in [1.82, 2.24) is 14.7 Å². The molecule has 1 fully saturated rings. The predicted molar refractivity (Wildman–Crippen MR) is 108 cm³/mol. The predicted octanol–water partition coefficient (Wildman–Crippen LogP) is 2.09. The first-order valence-corrected chi connectivity index (χ1v) is 9.99. The largest absolute Gasteiger partial charge is 0.393 e. The van der Waals surface area contributed by atoms with Gasteiger partial charge in [-0.25, -0.2) is 4.68 Å². The molecule has 28 heavy (non-hydrogen) atoms. The minimum atomic E-state index is -0.346. The summed E-state index contributed by atoms with van der Waals surface area (Å²) in [7, 11) is 0. The van der Waals surface area contributed by atoms with Crippen LogP contribution in [0.2, 0.25) is 0 Å². The minimum Gasteiger partial charge on any atom is -0.393 e. The smallest absolute Gasteiger partial charge is 0.267 e. The summed E-state index contributed by atoms with van der Waals surface area (Å²) in [6.07, 6.45) is 2.84. The Morgan fingerprint density at radius 3 is 2.57 bits per heavy atom. The second-order valence-electron chi connectivity index (χ2n) is 7.72. The van der Waals surface area contributed by atoms with Crippen molar-refractivity contribution in [2.75, 3.05) is 13.1 Å². The fourth-order valence-electron chi connectivity index (χ4n) is 3.74. The van der Waals surface area contributed by atoms with Gasteiger partial charge in [0.2, 0.25) is 5.91 Å². The second kappa shape index (κ2) is 9.15. The maximum absolute atomic E-state index is 12.6. The lowest BCUT2D eigenvalue weighted by atomic mass is 9.88. The number of likely N-dealkylation sites (tertiary alicyclic amines) is 1. The van der Waals surface area contributed by atoms with Crippen LogP contribution in [0, 0.1) is 19.8 Å². The summed E-state index contributed by atoms with van der Waals surface area (Å²) in [4.78, 5) is 26.4. The third-order valence-electron chi connectivity index (χ3n) is 5.73. The molecule has 1 saturated heterocycles. The number of hydrogen-bond acceptors (Lipinski definition) is 4. The molecule has 0 radical (unpaired) electrons. The van der Waals surface area contributed by atoms with Gasteiger partial charge in [0.25, 0.3) is 5.56 Å². The first kappa shape index (κ1) is 20.3. The van der Waals surface area contributed by atoms with Crippen LogP contribution in [0.1, 0.15) is 36.1 Å². The van der Waals surface area contributed by atoms with E-state index in [1.807, 2.05) is 32.0 Å². The maximum atomic E-state index is 12.6. The highest BCUT2D eigenvalue weighted by Crippen LogP contribution is 2.23. The molecule has 6 heteroatoms. The maximum Gasteiger partial charge on any atom is 0.267 e. The molecule has 1 aromatic heterocycles. The van der Waals surface area contributed by atoms with E-state index in [1.54, 1.807) is 4.90 Å². The van der Waals surface area contributed by atoms with Crippen LogP contribution in [0.15, 0.2) is 41.2 Å². The van der Waals surface area contributed by atoms with E-state index < -0.39 is 0 Å². The molecule has 1 unspecified atom stereocenters. The van der Waals surface area contributed by atoms with Gasteiger partial charge in [-0.05, 0) is 56.6 Å². The lowest BCUT2D eigenvalue weighted by Gasteiger charge is -2.34. The van der Waals surface area contributed by atoms with Crippen molar-refractivity contribution in [3.8, 4) is 0 Å². The fourth-order valence-corrected chi connectivity index (χ4v) is 3.74. The van der Waals surface area contributed by atoms with E-state index in [9.17, 15) is 14.7 Å². The summed E-state index contributed by atoms with van der Waals surface area (Å²) >= 11 is 0. The van der Waals surface area contributed by atoms with Gasteiger partial charge in [0.15, 0.2) is 0 Å². The highest BCUT2D eigenvalue weighted by Gasteiger charge is 2.27. The van der Waals surface area contributed by atoms with E-state index in [0.717, 1.165) is 36.9 Å². The molecule has 3 rings (SSSR count). The van der Waals surface area contributed by atoms with Crippen molar-refractivity contribution < 1.29 is 9.90 Å². The van der Waals surface area contributed by atoms with Gasteiger partial charge >= 0.3 is 0 Å². The Hall–Kier alpha value is -2.47. The zero-order valence-electron chi connectivity index (χ0n) is 16.7. The van der Waals surface area contributed by atoms with E-state index in [1.165, 1.54) is 16.3 Å². The Kier molecular flexibility index (Phi) is 6.62. The first-order valence-electron chi connectivity index (χ1n) is 9.99. The van der Waals surface area contributed by atoms with Crippen molar-refractivity contribution in [2.24, 2.45) is 5.92 Å². The number of aliphatic hydroxyl groups excluding tert-OH is 1. The molecule has 2 heterocycles. The van der Waals surface area contributed by atoms with Crippen molar-refractivity contribution >= 4 is 5.91 Å². The van der Waals surface area contributed by atoms with E-state index in [2.05, 4.69) is 17.2 Å². The van der Waals surface area contributed by atoms with Gasteiger partial charge in [0, 0.05) is 19.2 Å². The number of amides is 1. The van der Waals surface area contributed by atoms with Gasteiger partial charge in [-0.3, -0.25) is 9.59 Å². The summed E-state index contributed by atoms with van der Waals surface area (Å²) in [5, 5.41) is 14.7. The topological polar surface area (TPSA) is 75.4 Å². The highest BCUT2D eigenvalue weighted by atomic mass is 16.3. The number of carbonyl (C=O) groups is 1. The zero-order chi connectivity index (χ0) is 20.1. The van der Waals surface area contributed by atoms with Gasteiger partial charge in [0.05, 0.1) is 11.8 Å². The summed E-state index contributed by atoms with van der Waals surface area (Å²) < 4.78 is 1.24. The molecule has 0 bridgehead atoms. The van der Waals surface area contributed by atoms with Gasteiger partial charge in [-0.2, -0.15) is 5.10 Å². The number of carbonyl (C=O) groups excluding carboxylic acids is 1. The Balaban J connectivity index is 1.48. The van der Waals surface area contributed by atoms with Crippen LogP contribution in [0.5, 0.6) is 0 Å². The van der Waals surface area contributed by atoms with Gasteiger partial charge in [0.1, 0.15) is 6.54 Å². The average Bonchev–Trinajstić information content (AvgIpc) is 2.71. The van der Waals surface area contributed by atoms with E-state index >= 15 is 0 Å². The SMILES string of the molecule is Cc1cc(=O)n(CC(=O)N2CCC(C(O)CCc3ccccc3)CC2)nc1C. The van der Waals surface area contributed by atoms with E-state index in [0.29, 0.717) is 13.1 Å². The van der Waals surface area contributed by atoms with Crippen molar-refractivity contribution in [1.29, 1.82) is 0 Å². The average molecular weight is 383 g/mol. The number of nitrogens with zero attached hydrogens (tertiary/aromatic N) is 3. The quantitative estimate of drug-likeness (QED) is 0.829. The Bertz CT molecular complexity index is 855. The molecule has 1 aliphatic heterocycles. The molecule has 2 aromatic rings. The Labute approximate surface area is 165 Å². The molecular weight excluding hydrogens is 354 g/mol. The van der Waals surface area contributed by atoms with E-state index in [-0.39, 0.29) is 30.0 Å². The number of piperidine rings is 1. The first-order chi connectivity index (χ1) is 13.4. The van der Waals surface area contributed by atoms with Crippen molar-refractivity contribution in [3.63, 3.8) is 0 Å². The summed E-state index contributed by atoms with van der Waals surface area (Å²) in [6.45, 7) is 4.88. The van der Waals surface area contributed by atoms with Crippen LogP contribution < -0.4 is 5.56 Å². The molecular formula is C22H29N3O3. The van der Waals surface area contributed by atoms with Crippen LogP contribution in [0.3, 0.4) is 0 Å². The number of hydrogen-bond donors (Lipinski definition) is 1. The highest BCUT2D eigenvalue weighted by molar-refractivity contribution is 5.76. The summed E-state index contributed by atoms with van der Waals surface area (Å²) in [5.41, 5.74) is 2.58. The van der Waals surface area contributed by atoms with Gasteiger partial charge in [-0.1, -0.05) is 30.3 Å². The molecule has 0 spiro atoms. The number of aryl methyl sites for hydroxylation is 3. The molecule has 1 N–H and O–H groups in total. The van der Waals surface area contributed by atoms with Gasteiger partial charge < -0.3 is 10.0 Å². The molecule has 6 nitrogen and oxygen atoms in total. The lowest BCUT2D eigenvalue weighted by molar-refractivity contribution is -0.134. The minimum absolute atomic E-state index is 0.0266. The molecule has 0 aliphatic carbocycles. The molecule has 150 valence electrons. The number of aliphatic hydroxyl groups is 1. The van der Waals surface area contributed by atoms with Crippen molar-refractivity contribution in [2.45, 2.75) is 52.2 Å². The van der Waals surface area contributed by atoms with Crippen LogP contribution in [-0.2, 0) is 17.8 Å². The molecule has 1 aliphatic rings. The molecule has 0 saturated carbocycles. The lowest BCUT2D eigenvalue weighted by Crippen LogP contribution is -2.44. The zero-order valence-corrected chi connectivity index (χ0v) is 16.7. The fraction of sp³-hybridized carbons (Fsp3) is 0.500. The number of benzene rings is 1. The van der Waals surface area contributed by atoms with Crippen LogP contribution in [0.25, 0.3) is 0 Å². The third-order valence-corrected chi connectivity index (χ3v) is 5.73. The standard InChI is InChI=1S/C22H29N3O3/c1-16-14-21(27)25(23-17(16)2)15-22(28)24-12-10-19(11-13-24)20(26)9-8-18-6-4-3-5-7-18/h3-7,14,19-20,26H,8-13,15H2,1-2H3. The Morgan fingerprint density at radius 1 is 1.21 bits per heavy atom. The molecule has 1 aromatic carbocycles. The van der Waals surface area contributed by atoms with Crippen LogP contribution >= 0.6 is 0 Å². The second-order valence-corrected chi connectivity index (χ2v) is 7.72. The third kappa shape index (κ3) is 5.07. The summed E-state index contributed by atoms with van der Waals surface area (Å²) in [5.74, 6) is 0.130. The van der Waals surface area contributed by atoms with E-state index in [4.69, 9.17) is 0 Å². The summed E-state index contributed by atoms with van der Waals surface area (Å²) in [6, 6.07) is 11.7. The van der Waals surface area contributed by atoms with Crippen molar-refractivity contribution in [3.05, 3.63) is 63.6 Å². The monoisotopic (exact) mass is 383 g/mol. The van der Waals surface area contributed by atoms with Gasteiger partial charge in [-0.15, -0.1) is 0 Å². The normalized spacial score (nSPS) is 16.2. The number of aromatic nitrogens is 2. The Morgan fingerprint density at radius 2 is 1.89 bits per heavy atom.